The Morgan fingerprint density at radius 3 is 2.43 bits per heavy atom. The lowest BCUT2D eigenvalue weighted by Gasteiger charge is -2.34. The van der Waals surface area contributed by atoms with Gasteiger partial charge < -0.3 is 10.0 Å². The number of Topliss-reactive ketones (excluding diaryl/α,β-unsaturated/α-hetero) is 2. The van der Waals surface area contributed by atoms with Crippen molar-refractivity contribution in [2.24, 2.45) is 11.3 Å². The largest absolute Gasteiger partial charge is 0.391 e. The van der Waals surface area contributed by atoms with Crippen LogP contribution in [0.3, 0.4) is 0 Å². The van der Waals surface area contributed by atoms with Gasteiger partial charge in [-0.15, -0.1) is 11.3 Å². The lowest BCUT2D eigenvalue weighted by molar-refractivity contribution is -0.145. The molecule has 2 heterocycles. The first-order valence-electron chi connectivity index (χ1n) is 12.5. The highest BCUT2D eigenvalue weighted by atomic mass is 32.1. The predicted molar refractivity (Wildman–Crippen MR) is 139 cm³/mol. The zero-order valence-electron chi connectivity index (χ0n) is 21.5. The van der Waals surface area contributed by atoms with Crippen LogP contribution in [0.5, 0.6) is 0 Å². The van der Waals surface area contributed by atoms with Crippen molar-refractivity contribution < 1.29 is 19.5 Å². The molecule has 7 heteroatoms. The highest BCUT2D eigenvalue weighted by Crippen LogP contribution is 2.34. The average Bonchev–Trinajstić information content (AvgIpc) is 3.40. The Hall–Kier alpha value is -2.38. The molecule has 0 spiro atoms. The van der Waals surface area contributed by atoms with Crippen molar-refractivity contribution >= 4 is 28.8 Å². The molecule has 190 valence electrons. The van der Waals surface area contributed by atoms with Gasteiger partial charge in [0.1, 0.15) is 5.78 Å². The third-order valence-corrected chi connectivity index (χ3v) is 7.84. The first-order valence-corrected chi connectivity index (χ1v) is 13.4. The van der Waals surface area contributed by atoms with Crippen LogP contribution in [0.4, 0.5) is 0 Å². The van der Waals surface area contributed by atoms with E-state index in [1.807, 2.05) is 52.3 Å². The average molecular weight is 499 g/mol. The molecule has 1 fully saturated rings. The zero-order chi connectivity index (χ0) is 25.8. The van der Waals surface area contributed by atoms with Gasteiger partial charge in [-0.25, -0.2) is 4.98 Å². The van der Waals surface area contributed by atoms with Gasteiger partial charge in [0, 0.05) is 38.1 Å². The van der Waals surface area contributed by atoms with Crippen LogP contribution in [0.15, 0.2) is 29.8 Å². The Kier molecular flexibility index (Phi) is 9.00. The Morgan fingerprint density at radius 2 is 1.86 bits per heavy atom. The van der Waals surface area contributed by atoms with E-state index in [1.54, 1.807) is 11.3 Å². The van der Waals surface area contributed by atoms with Crippen molar-refractivity contribution in [2.75, 3.05) is 6.54 Å². The van der Waals surface area contributed by atoms with Crippen LogP contribution in [0.25, 0.3) is 10.4 Å². The molecule has 0 unspecified atom stereocenters. The zero-order valence-corrected chi connectivity index (χ0v) is 22.4. The maximum absolute atomic E-state index is 13.6. The summed E-state index contributed by atoms with van der Waals surface area (Å²) in [5.41, 5.74) is 4.59. The Bertz CT molecular complexity index is 1040. The summed E-state index contributed by atoms with van der Waals surface area (Å²) in [6.45, 7) is 9.95. The molecule has 1 aliphatic rings. The Labute approximate surface area is 212 Å². The molecule has 0 saturated carbocycles. The molecule has 3 atom stereocenters. The van der Waals surface area contributed by atoms with Crippen LogP contribution < -0.4 is 0 Å². The topological polar surface area (TPSA) is 87.6 Å². The summed E-state index contributed by atoms with van der Waals surface area (Å²) in [5.74, 6) is -0.670. The molecule has 0 aliphatic carbocycles. The van der Waals surface area contributed by atoms with Gasteiger partial charge in [-0.1, -0.05) is 52.0 Å². The molecule has 1 aromatic heterocycles. The van der Waals surface area contributed by atoms with Crippen LogP contribution in [0.2, 0.25) is 0 Å². The van der Waals surface area contributed by atoms with Gasteiger partial charge in [-0.05, 0) is 36.3 Å². The maximum atomic E-state index is 13.6. The molecule has 0 bridgehead atoms. The van der Waals surface area contributed by atoms with Gasteiger partial charge in [0.25, 0.3) is 0 Å². The lowest BCUT2D eigenvalue weighted by Crippen LogP contribution is -2.47. The number of β-amino-alcohol motifs (C(OH)–C–C–N with tert-alkyl or cyclic N) is 1. The van der Waals surface area contributed by atoms with E-state index in [2.05, 4.69) is 17.1 Å². The second kappa shape index (κ2) is 11.6. The summed E-state index contributed by atoms with van der Waals surface area (Å²) < 4.78 is 0. The van der Waals surface area contributed by atoms with Crippen molar-refractivity contribution in [3.63, 3.8) is 0 Å². The quantitative estimate of drug-likeness (QED) is 0.498. The van der Waals surface area contributed by atoms with Crippen molar-refractivity contribution in [1.29, 1.82) is 0 Å². The first kappa shape index (κ1) is 27.2. The number of rotatable bonds is 10. The molecule has 2 aromatic rings. The number of ketones is 2. The van der Waals surface area contributed by atoms with Gasteiger partial charge in [-0.2, -0.15) is 0 Å². The van der Waals surface area contributed by atoms with Crippen LogP contribution >= 0.6 is 11.3 Å². The second-order valence-corrected chi connectivity index (χ2v) is 11.6. The van der Waals surface area contributed by atoms with Crippen molar-refractivity contribution in [2.45, 2.75) is 85.3 Å². The van der Waals surface area contributed by atoms with E-state index in [1.165, 1.54) is 4.90 Å². The molecular weight excluding hydrogens is 460 g/mol. The van der Waals surface area contributed by atoms with Crippen molar-refractivity contribution in [3.8, 4) is 10.4 Å². The standard InChI is InChI=1S/C28H38N2O4S/c1-6-7-21(31)14-23(28(3,4)5)27(34)30-16-22(32)15-24(30)25(33)13-10-19-8-11-20(12-9-19)26-18(2)29-17-35-26/h8-9,11-12,17,22-24,32H,6-7,10,13-16H2,1-5H3/t22-,23-,24+/m1/s1. The fourth-order valence-electron chi connectivity index (χ4n) is 4.77. The number of likely N-dealkylation sites (tertiary alicyclic amines) is 1. The molecule has 1 N–H and O–H groups in total. The maximum Gasteiger partial charge on any atom is 0.227 e. The van der Waals surface area contributed by atoms with Gasteiger partial charge in [0.05, 0.1) is 28.2 Å². The molecule has 1 aromatic carbocycles. The highest BCUT2D eigenvalue weighted by molar-refractivity contribution is 7.13. The highest BCUT2D eigenvalue weighted by Gasteiger charge is 2.43. The lowest BCUT2D eigenvalue weighted by atomic mass is 9.76. The van der Waals surface area contributed by atoms with Crippen molar-refractivity contribution in [3.05, 3.63) is 41.0 Å². The fraction of sp³-hybridized carbons (Fsp3) is 0.571. The SMILES string of the molecule is CCCC(=O)C[C@H](C(=O)N1C[C@H](O)C[C@H]1C(=O)CCc1ccc(-c2scnc2C)cc1)C(C)(C)C. The number of thiazole rings is 1. The molecule has 35 heavy (non-hydrogen) atoms. The molecule has 1 amide bonds. The van der Waals surface area contributed by atoms with Gasteiger partial charge >= 0.3 is 0 Å². The number of hydrogen-bond donors (Lipinski definition) is 1. The number of aliphatic hydroxyl groups is 1. The number of benzene rings is 1. The molecule has 6 nitrogen and oxygen atoms in total. The normalized spacial score (nSPS) is 19.1. The number of aryl methyl sites for hydroxylation is 2. The van der Waals surface area contributed by atoms with Gasteiger partial charge in [-0.3, -0.25) is 14.4 Å². The summed E-state index contributed by atoms with van der Waals surface area (Å²) >= 11 is 1.61. The summed E-state index contributed by atoms with van der Waals surface area (Å²) in [5, 5.41) is 10.3. The Morgan fingerprint density at radius 1 is 1.17 bits per heavy atom. The molecule has 1 saturated heterocycles. The van der Waals surface area contributed by atoms with Gasteiger partial charge in [0.2, 0.25) is 5.91 Å². The summed E-state index contributed by atoms with van der Waals surface area (Å²) in [4.78, 5) is 46.1. The van der Waals surface area contributed by atoms with E-state index in [0.717, 1.165) is 28.1 Å². The molecule has 3 rings (SSSR count). The summed E-state index contributed by atoms with van der Waals surface area (Å²) in [7, 11) is 0. The molecule has 1 aliphatic heterocycles. The number of nitrogens with zero attached hydrogens (tertiary/aromatic N) is 2. The van der Waals surface area contributed by atoms with E-state index in [-0.39, 0.29) is 36.9 Å². The number of hydrogen-bond acceptors (Lipinski definition) is 6. The number of aliphatic hydroxyl groups excluding tert-OH is 1. The predicted octanol–water partition coefficient (Wildman–Crippen LogP) is 5.00. The number of carbonyl (C=O) groups is 3. The Balaban J connectivity index is 1.67. The second-order valence-electron chi connectivity index (χ2n) is 10.7. The van der Waals surface area contributed by atoms with E-state index < -0.39 is 23.5 Å². The van der Waals surface area contributed by atoms with Crippen LogP contribution in [0, 0.1) is 18.3 Å². The van der Waals surface area contributed by atoms with Gasteiger partial charge in [0.15, 0.2) is 5.78 Å². The fourth-order valence-corrected chi connectivity index (χ4v) is 5.58. The third-order valence-electron chi connectivity index (χ3n) is 6.86. The minimum Gasteiger partial charge on any atom is -0.391 e. The number of aromatic nitrogens is 1. The first-order chi connectivity index (χ1) is 16.5. The summed E-state index contributed by atoms with van der Waals surface area (Å²) in [6, 6.07) is 7.53. The monoisotopic (exact) mass is 498 g/mol. The third kappa shape index (κ3) is 6.85. The van der Waals surface area contributed by atoms with E-state index in [4.69, 9.17) is 0 Å². The summed E-state index contributed by atoms with van der Waals surface area (Å²) in [6.07, 6.45) is 1.79. The minimum absolute atomic E-state index is 0.0372. The molecule has 0 radical (unpaired) electrons. The smallest absolute Gasteiger partial charge is 0.227 e. The minimum atomic E-state index is -0.721. The van der Waals surface area contributed by atoms with Crippen molar-refractivity contribution in [1.82, 2.24) is 9.88 Å². The van der Waals surface area contributed by atoms with Crippen LogP contribution in [0.1, 0.15) is 71.1 Å². The van der Waals surface area contributed by atoms with E-state index >= 15 is 0 Å². The van der Waals surface area contributed by atoms with E-state index in [9.17, 15) is 19.5 Å². The number of carbonyl (C=O) groups excluding carboxylic acids is 3. The van der Waals surface area contributed by atoms with Crippen LogP contribution in [-0.4, -0.2) is 51.2 Å². The van der Waals surface area contributed by atoms with E-state index in [0.29, 0.717) is 19.3 Å². The number of amides is 1. The molecular formula is C28H38N2O4S. The van der Waals surface area contributed by atoms with Crippen LogP contribution in [-0.2, 0) is 20.8 Å².